The highest BCUT2D eigenvalue weighted by Gasteiger charge is 2.74. The van der Waals surface area contributed by atoms with Gasteiger partial charge in [-0.3, -0.25) is 0 Å². The lowest BCUT2D eigenvalue weighted by Crippen LogP contribution is -2.71. The first kappa shape index (κ1) is 44.5. The van der Waals surface area contributed by atoms with E-state index < -0.39 is 120 Å². The number of allylic oxidation sites excluding steroid dienone is 3. The van der Waals surface area contributed by atoms with Crippen molar-refractivity contribution in [3.05, 3.63) is 23.8 Å². The lowest BCUT2D eigenvalue weighted by Gasteiger charge is -2.72. The molecule has 0 aromatic rings. The van der Waals surface area contributed by atoms with Crippen molar-refractivity contribution in [1.82, 2.24) is 0 Å². The van der Waals surface area contributed by atoms with Gasteiger partial charge in [0.15, 0.2) is 12.6 Å². The largest absolute Gasteiger partial charge is 0.394 e. The van der Waals surface area contributed by atoms with Gasteiger partial charge in [0.2, 0.25) is 0 Å². The van der Waals surface area contributed by atoms with E-state index in [9.17, 15) is 51.1 Å². The van der Waals surface area contributed by atoms with Crippen LogP contribution in [0.2, 0.25) is 0 Å². The van der Waals surface area contributed by atoms with Crippen molar-refractivity contribution in [3.63, 3.8) is 0 Å². The maximum atomic E-state index is 12.5. The Morgan fingerprint density at radius 2 is 1.32 bits per heavy atom. The number of aliphatic hydroxyl groups is 10. The van der Waals surface area contributed by atoms with E-state index in [0.29, 0.717) is 38.5 Å². The Bertz CT molecular complexity index is 1450. The first-order valence-corrected chi connectivity index (χ1v) is 20.7. The highest BCUT2D eigenvalue weighted by Crippen LogP contribution is 2.76. The number of hydrogen-bond acceptors (Lipinski definition) is 14. The third-order valence-electron chi connectivity index (χ3n) is 16.2. The zero-order valence-corrected chi connectivity index (χ0v) is 34.3. The van der Waals surface area contributed by atoms with Crippen LogP contribution in [0, 0.1) is 45.3 Å². The van der Waals surface area contributed by atoms with Crippen molar-refractivity contribution in [2.24, 2.45) is 45.3 Å². The third kappa shape index (κ3) is 6.98. The second-order valence-electron chi connectivity index (χ2n) is 19.9. The summed E-state index contributed by atoms with van der Waals surface area (Å²) in [4.78, 5) is 0. The molecule has 2 unspecified atom stereocenters. The molecule has 2 aliphatic heterocycles. The number of fused-ring (bicyclic) bond motifs is 5. The zero-order valence-electron chi connectivity index (χ0n) is 34.3. The summed E-state index contributed by atoms with van der Waals surface area (Å²) in [7, 11) is 0. The first-order valence-electron chi connectivity index (χ1n) is 20.7. The van der Waals surface area contributed by atoms with Crippen LogP contribution in [0.1, 0.15) is 93.9 Å². The molecule has 56 heavy (non-hydrogen) atoms. The maximum Gasteiger partial charge on any atom is 0.187 e. The fraction of sp³-hybridized carbons (Fsp3) is 0.905. The van der Waals surface area contributed by atoms with E-state index in [4.69, 9.17) is 18.9 Å². The van der Waals surface area contributed by atoms with Crippen molar-refractivity contribution in [2.45, 2.75) is 179 Å². The fourth-order valence-corrected chi connectivity index (χ4v) is 13.1. The minimum atomic E-state index is -1.62. The van der Waals surface area contributed by atoms with Crippen LogP contribution < -0.4 is 0 Å². The van der Waals surface area contributed by atoms with Gasteiger partial charge in [-0.1, -0.05) is 58.4 Å². The van der Waals surface area contributed by atoms with Crippen LogP contribution in [-0.4, -0.2) is 150 Å². The molecular formula is C42H70O14. The van der Waals surface area contributed by atoms with E-state index >= 15 is 0 Å². The molecule has 0 aromatic heterocycles. The smallest absolute Gasteiger partial charge is 0.187 e. The molecule has 0 amide bonds. The molecule has 2 heterocycles. The third-order valence-corrected chi connectivity index (χ3v) is 16.2. The van der Waals surface area contributed by atoms with Crippen molar-refractivity contribution >= 4 is 0 Å². The summed E-state index contributed by atoms with van der Waals surface area (Å²) < 4.78 is 25.3. The molecule has 10 N–H and O–H groups in total. The average Bonchev–Trinajstić information content (AvgIpc) is 3.52. The Morgan fingerprint density at radius 1 is 0.750 bits per heavy atom. The molecule has 21 atom stereocenters. The lowest BCUT2D eigenvalue weighted by molar-refractivity contribution is -0.348. The van der Waals surface area contributed by atoms with Crippen molar-refractivity contribution in [2.75, 3.05) is 13.2 Å². The number of ether oxygens (including phenoxy) is 4. The Hall–Kier alpha value is -1.08. The van der Waals surface area contributed by atoms with Gasteiger partial charge in [-0.2, -0.15) is 0 Å². The Morgan fingerprint density at radius 3 is 1.89 bits per heavy atom. The summed E-state index contributed by atoms with van der Waals surface area (Å²) in [5.74, 6) is -0.949. The van der Waals surface area contributed by atoms with Crippen LogP contribution in [0.4, 0.5) is 0 Å². The highest BCUT2D eigenvalue weighted by molar-refractivity contribution is 5.24. The first-order chi connectivity index (χ1) is 26.0. The Labute approximate surface area is 331 Å². The predicted octanol–water partition coefficient (Wildman–Crippen LogP) is 0.896. The molecule has 322 valence electrons. The average molecular weight is 799 g/mol. The molecule has 4 aliphatic carbocycles. The SMILES string of the molecule is CC(C)=C/C=C/[C@](C)(O[C@@H]1O[C@H](CO)[C@@H](O)[C@H](O)[C@H]1O)[C@H]1CC[C@]2(C)[C@@H]1[C@H](O)CC1[C@@]3(C)CC[C@H](O)C(C)(C)C3[C@@H](O[C@@H]3O[C@H](CO)[C@@H](O)[C@H](O)[C@H]3O)C[C@]12C. The van der Waals surface area contributed by atoms with Gasteiger partial charge in [-0.05, 0) is 105 Å². The number of aliphatic hydroxyl groups excluding tert-OH is 10. The topological polar surface area (TPSA) is 239 Å². The molecule has 0 radical (unpaired) electrons. The molecule has 0 spiro atoms. The summed E-state index contributed by atoms with van der Waals surface area (Å²) in [5.41, 5.74) is -2.27. The van der Waals surface area contributed by atoms with Crippen LogP contribution in [0.3, 0.4) is 0 Å². The standard InChI is InChI=1S/C42H70O14/c1-20(2)10-9-13-42(8,56-37-34(52)32(50)30(48)25(19-44)55-37)21-11-15-40(6)28(21)22(45)16-26-39(5)14-12-27(46)38(3,4)35(39)23(17-41(26,40)7)53-36-33(51)31(49)29(47)24(18-43)54-36/h9-10,13,21-37,43-52H,11-12,14-19H2,1-8H3/b13-9+/t21-,22+,23-,24+,25+,26?,27-,28-,29+,30+,31-,32-,33+,34+,35?,36+,37-,39+,40+,41+,42-/m0/s1. The van der Waals surface area contributed by atoms with E-state index in [1.165, 1.54) is 0 Å². The van der Waals surface area contributed by atoms with Crippen LogP contribution in [0.15, 0.2) is 23.8 Å². The number of rotatable bonds is 9. The van der Waals surface area contributed by atoms with Gasteiger partial charge in [0.05, 0.1) is 37.1 Å². The predicted molar refractivity (Wildman–Crippen MR) is 202 cm³/mol. The van der Waals surface area contributed by atoms with Gasteiger partial charge >= 0.3 is 0 Å². The van der Waals surface area contributed by atoms with Gasteiger partial charge in [-0.25, -0.2) is 0 Å². The zero-order chi connectivity index (χ0) is 41.5. The summed E-state index contributed by atoms with van der Waals surface area (Å²) in [6, 6.07) is 0. The molecule has 4 saturated carbocycles. The van der Waals surface area contributed by atoms with Gasteiger partial charge in [-0.15, -0.1) is 0 Å². The van der Waals surface area contributed by atoms with Crippen molar-refractivity contribution < 1.29 is 70.0 Å². The van der Waals surface area contributed by atoms with E-state index in [1.54, 1.807) is 0 Å². The van der Waals surface area contributed by atoms with Gasteiger partial charge in [0.25, 0.3) is 0 Å². The van der Waals surface area contributed by atoms with E-state index in [0.717, 1.165) is 5.57 Å². The Balaban J connectivity index is 1.40. The van der Waals surface area contributed by atoms with Crippen LogP contribution >= 0.6 is 0 Å². The molecule has 6 rings (SSSR count). The Kier molecular flexibility index (Phi) is 12.5. The molecule has 6 fully saturated rings. The summed E-state index contributed by atoms with van der Waals surface area (Å²) in [5, 5.41) is 109. The highest BCUT2D eigenvalue weighted by atomic mass is 16.7. The van der Waals surface area contributed by atoms with Gasteiger partial charge in [0.1, 0.15) is 48.8 Å². The fourth-order valence-electron chi connectivity index (χ4n) is 13.1. The van der Waals surface area contributed by atoms with E-state index in [-0.39, 0.29) is 23.7 Å². The minimum Gasteiger partial charge on any atom is -0.394 e. The number of hydrogen-bond donors (Lipinski definition) is 10. The van der Waals surface area contributed by atoms with E-state index in [1.807, 2.05) is 52.8 Å². The second kappa shape index (κ2) is 15.7. The summed E-state index contributed by atoms with van der Waals surface area (Å²) in [6.45, 7) is 15.4. The molecule has 14 nitrogen and oxygen atoms in total. The van der Waals surface area contributed by atoms with Crippen LogP contribution in [0.25, 0.3) is 0 Å². The summed E-state index contributed by atoms with van der Waals surface area (Å²) >= 11 is 0. The maximum absolute atomic E-state index is 12.5. The molecule has 0 bridgehead atoms. The molecule has 2 saturated heterocycles. The van der Waals surface area contributed by atoms with Gasteiger partial charge < -0.3 is 70.0 Å². The minimum absolute atomic E-state index is 0.0183. The molecular weight excluding hydrogens is 728 g/mol. The van der Waals surface area contributed by atoms with Crippen molar-refractivity contribution in [1.29, 1.82) is 0 Å². The monoisotopic (exact) mass is 798 g/mol. The lowest BCUT2D eigenvalue weighted by atomic mass is 9.34. The second-order valence-corrected chi connectivity index (χ2v) is 19.9. The quantitative estimate of drug-likeness (QED) is 0.115. The summed E-state index contributed by atoms with van der Waals surface area (Å²) in [6.07, 6.45) is -7.46. The normalized spacial score (nSPS) is 52.8. The van der Waals surface area contributed by atoms with Crippen LogP contribution in [-0.2, 0) is 18.9 Å². The van der Waals surface area contributed by atoms with Crippen molar-refractivity contribution in [3.8, 4) is 0 Å². The molecule has 6 aliphatic rings. The molecule has 14 heteroatoms. The van der Waals surface area contributed by atoms with Gasteiger partial charge in [0, 0.05) is 0 Å². The van der Waals surface area contributed by atoms with Crippen LogP contribution in [0.5, 0.6) is 0 Å². The van der Waals surface area contributed by atoms with E-state index in [2.05, 4.69) is 20.8 Å². The molecule has 0 aromatic carbocycles.